The standard InChI is InChI=1S/C16H21BrN2O5/c1-16(2,3)10-4-5-12(11(17)8-10)24-9-14(21)19-18-13(20)6-7-15(22)23/h4-5,8H,6-7,9H2,1-3H3,(H,18,20)(H,19,21)(H,22,23)/p-1. The van der Waals surface area contributed by atoms with Crippen LogP contribution >= 0.6 is 15.9 Å². The zero-order chi connectivity index (χ0) is 18.3. The number of amides is 2. The van der Waals surface area contributed by atoms with Gasteiger partial charge < -0.3 is 14.6 Å². The van der Waals surface area contributed by atoms with Crippen LogP contribution in [0.3, 0.4) is 0 Å². The van der Waals surface area contributed by atoms with E-state index in [-0.39, 0.29) is 18.4 Å². The van der Waals surface area contributed by atoms with Crippen molar-refractivity contribution >= 4 is 33.7 Å². The van der Waals surface area contributed by atoms with Crippen molar-refractivity contribution in [3.05, 3.63) is 28.2 Å². The summed E-state index contributed by atoms with van der Waals surface area (Å²) in [5.41, 5.74) is 5.35. The molecule has 0 saturated carbocycles. The van der Waals surface area contributed by atoms with E-state index in [9.17, 15) is 19.5 Å². The average Bonchev–Trinajstić information content (AvgIpc) is 2.48. The fraction of sp³-hybridized carbons (Fsp3) is 0.438. The lowest BCUT2D eigenvalue weighted by Gasteiger charge is -2.20. The molecule has 132 valence electrons. The van der Waals surface area contributed by atoms with Gasteiger partial charge in [0.1, 0.15) is 5.75 Å². The second kappa shape index (κ2) is 8.68. The van der Waals surface area contributed by atoms with Crippen LogP contribution in [0.1, 0.15) is 39.2 Å². The molecule has 8 heteroatoms. The Morgan fingerprint density at radius 2 is 1.75 bits per heavy atom. The molecule has 0 aliphatic carbocycles. The van der Waals surface area contributed by atoms with Crippen LogP contribution in [0.2, 0.25) is 0 Å². The summed E-state index contributed by atoms with van der Waals surface area (Å²) in [4.78, 5) is 33.1. The number of carbonyl (C=O) groups excluding carboxylic acids is 3. The van der Waals surface area contributed by atoms with E-state index >= 15 is 0 Å². The Kier molecular flexibility index (Phi) is 7.21. The molecule has 1 aromatic carbocycles. The molecule has 0 bridgehead atoms. The van der Waals surface area contributed by atoms with Gasteiger partial charge in [0.05, 0.1) is 4.47 Å². The van der Waals surface area contributed by atoms with Crippen molar-refractivity contribution in [2.24, 2.45) is 0 Å². The molecule has 2 amide bonds. The van der Waals surface area contributed by atoms with Crippen LogP contribution in [0.4, 0.5) is 0 Å². The van der Waals surface area contributed by atoms with Crippen LogP contribution in [-0.4, -0.2) is 24.4 Å². The number of nitrogens with one attached hydrogen (secondary N) is 2. The number of aliphatic carboxylic acids is 1. The lowest BCUT2D eigenvalue weighted by atomic mass is 9.87. The normalized spacial score (nSPS) is 10.8. The number of rotatable bonds is 6. The molecule has 0 saturated heterocycles. The average molecular weight is 400 g/mol. The highest BCUT2D eigenvalue weighted by Gasteiger charge is 2.15. The van der Waals surface area contributed by atoms with Crippen molar-refractivity contribution < 1.29 is 24.2 Å². The van der Waals surface area contributed by atoms with E-state index in [0.717, 1.165) is 10.0 Å². The topological polar surface area (TPSA) is 108 Å². The van der Waals surface area contributed by atoms with Crippen LogP contribution in [0.15, 0.2) is 22.7 Å². The predicted octanol–water partition coefficient (Wildman–Crippen LogP) is 0.803. The first-order valence-corrected chi connectivity index (χ1v) is 8.09. The highest BCUT2D eigenvalue weighted by molar-refractivity contribution is 9.10. The summed E-state index contributed by atoms with van der Waals surface area (Å²) < 4.78 is 6.11. The first kappa shape index (κ1) is 20.0. The molecule has 0 unspecified atom stereocenters. The number of hydrogen-bond donors (Lipinski definition) is 2. The van der Waals surface area contributed by atoms with E-state index in [1.165, 1.54) is 0 Å². The fourth-order valence-corrected chi connectivity index (χ4v) is 2.17. The summed E-state index contributed by atoms with van der Waals surface area (Å²) in [7, 11) is 0. The van der Waals surface area contributed by atoms with E-state index in [4.69, 9.17) is 4.74 Å². The van der Waals surface area contributed by atoms with Crippen molar-refractivity contribution in [1.29, 1.82) is 0 Å². The molecule has 24 heavy (non-hydrogen) atoms. The molecule has 2 N–H and O–H groups in total. The Morgan fingerprint density at radius 1 is 1.12 bits per heavy atom. The van der Waals surface area contributed by atoms with Crippen molar-refractivity contribution in [2.45, 2.75) is 39.0 Å². The first-order valence-electron chi connectivity index (χ1n) is 7.30. The molecular formula is C16H20BrN2O5-. The monoisotopic (exact) mass is 399 g/mol. The zero-order valence-corrected chi connectivity index (χ0v) is 15.4. The number of hydrazine groups is 1. The van der Waals surface area contributed by atoms with Gasteiger partial charge in [0.2, 0.25) is 5.91 Å². The van der Waals surface area contributed by atoms with Gasteiger partial charge in [-0.1, -0.05) is 26.8 Å². The van der Waals surface area contributed by atoms with Crippen LogP contribution in [-0.2, 0) is 19.8 Å². The number of carboxylic acids is 1. The molecule has 0 radical (unpaired) electrons. The van der Waals surface area contributed by atoms with Gasteiger partial charge in [0.25, 0.3) is 5.91 Å². The van der Waals surface area contributed by atoms with Gasteiger partial charge in [-0.15, -0.1) is 0 Å². The lowest BCUT2D eigenvalue weighted by molar-refractivity contribution is -0.305. The summed E-state index contributed by atoms with van der Waals surface area (Å²) in [6.45, 7) is 5.97. The van der Waals surface area contributed by atoms with Crippen molar-refractivity contribution in [3.8, 4) is 5.75 Å². The summed E-state index contributed by atoms with van der Waals surface area (Å²) in [6.07, 6.45) is -0.686. The quantitative estimate of drug-likeness (QED) is 0.687. The van der Waals surface area contributed by atoms with Gasteiger partial charge in [-0.3, -0.25) is 20.4 Å². The molecule has 7 nitrogen and oxygen atoms in total. The van der Waals surface area contributed by atoms with Crippen LogP contribution < -0.4 is 20.7 Å². The second-order valence-corrected chi connectivity index (χ2v) is 7.01. The van der Waals surface area contributed by atoms with Gasteiger partial charge in [-0.05, 0) is 45.5 Å². The number of hydrogen-bond acceptors (Lipinski definition) is 5. The maximum atomic E-state index is 11.6. The van der Waals surface area contributed by atoms with E-state index in [1.54, 1.807) is 6.07 Å². The molecule has 1 aromatic rings. The molecule has 0 fully saturated rings. The second-order valence-electron chi connectivity index (χ2n) is 6.15. The van der Waals surface area contributed by atoms with Crippen LogP contribution in [0.25, 0.3) is 0 Å². The molecule has 0 spiro atoms. The summed E-state index contributed by atoms with van der Waals surface area (Å²) >= 11 is 3.40. The van der Waals surface area contributed by atoms with Gasteiger partial charge in [0, 0.05) is 12.4 Å². The molecule has 1 rings (SSSR count). The van der Waals surface area contributed by atoms with E-state index in [0.29, 0.717) is 5.75 Å². The Labute approximate surface area is 148 Å². The highest BCUT2D eigenvalue weighted by Crippen LogP contribution is 2.31. The zero-order valence-electron chi connectivity index (χ0n) is 13.8. The maximum absolute atomic E-state index is 11.6. The maximum Gasteiger partial charge on any atom is 0.276 e. The van der Waals surface area contributed by atoms with Crippen molar-refractivity contribution in [1.82, 2.24) is 10.9 Å². The highest BCUT2D eigenvalue weighted by atomic mass is 79.9. The van der Waals surface area contributed by atoms with Gasteiger partial charge in [0.15, 0.2) is 6.61 Å². The minimum Gasteiger partial charge on any atom is -0.550 e. The molecule has 0 aliphatic heterocycles. The third-order valence-corrected chi connectivity index (χ3v) is 3.67. The Morgan fingerprint density at radius 3 is 2.29 bits per heavy atom. The molecule has 0 aromatic heterocycles. The van der Waals surface area contributed by atoms with Crippen molar-refractivity contribution in [2.75, 3.05) is 6.61 Å². The van der Waals surface area contributed by atoms with Crippen LogP contribution in [0.5, 0.6) is 5.75 Å². The van der Waals surface area contributed by atoms with E-state index in [1.807, 2.05) is 12.1 Å². The van der Waals surface area contributed by atoms with E-state index in [2.05, 4.69) is 47.6 Å². The number of carbonyl (C=O) groups is 3. The number of halogens is 1. The fourth-order valence-electron chi connectivity index (χ4n) is 1.68. The van der Waals surface area contributed by atoms with Gasteiger partial charge in [-0.2, -0.15) is 0 Å². The predicted molar refractivity (Wildman–Crippen MR) is 88.9 cm³/mol. The SMILES string of the molecule is CC(C)(C)c1ccc(OCC(=O)NNC(=O)CCC(=O)[O-])c(Br)c1. The lowest BCUT2D eigenvalue weighted by Crippen LogP contribution is -2.44. The molecule has 0 atom stereocenters. The number of benzene rings is 1. The Hall–Kier alpha value is -2.09. The third-order valence-electron chi connectivity index (χ3n) is 3.05. The van der Waals surface area contributed by atoms with Crippen LogP contribution in [0, 0.1) is 0 Å². The summed E-state index contributed by atoms with van der Waals surface area (Å²) in [5, 5.41) is 10.2. The van der Waals surface area contributed by atoms with Gasteiger partial charge >= 0.3 is 0 Å². The largest absolute Gasteiger partial charge is 0.550 e. The number of carboxylic acid groups (broad SMARTS) is 1. The minimum absolute atomic E-state index is 0.00578. The summed E-state index contributed by atoms with van der Waals surface area (Å²) in [5.74, 6) is -2.02. The number of ether oxygens (including phenoxy) is 1. The van der Waals surface area contributed by atoms with E-state index < -0.39 is 24.2 Å². The van der Waals surface area contributed by atoms with Crippen molar-refractivity contribution in [3.63, 3.8) is 0 Å². The Balaban J connectivity index is 2.45. The first-order chi connectivity index (χ1) is 11.1. The Bertz CT molecular complexity index is 625. The summed E-state index contributed by atoms with van der Waals surface area (Å²) in [6, 6.07) is 5.60. The molecule has 0 heterocycles. The smallest absolute Gasteiger partial charge is 0.276 e. The minimum atomic E-state index is -1.33. The molecular weight excluding hydrogens is 380 g/mol. The molecule has 0 aliphatic rings. The van der Waals surface area contributed by atoms with Gasteiger partial charge in [-0.25, -0.2) is 0 Å². The third kappa shape index (κ3) is 6.99.